The summed E-state index contributed by atoms with van der Waals surface area (Å²) in [7, 11) is 1.72. The third-order valence-corrected chi connectivity index (χ3v) is 3.59. The first-order valence-corrected chi connectivity index (χ1v) is 6.92. The number of rotatable bonds is 5. The molecule has 1 aromatic carbocycles. The predicted molar refractivity (Wildman–Crippen MR) is 81.2 cm³/mol. The van der Waals surface area contributed by atoms with Gasteiger partial charge in [0.2, 0.25) is 0 Å². The number of aromatic amines is 1. The van der Waals surface area contributed by atoms with Crippen LogP contribution < -0.4 is 10.1 Å². The molecule has 104 valence electrons. The molecule has 2 rings (SSSR count). The molecule has 3 heteroatoms. The summed E-state index contributed by atoms with van der Waals surface area (Å²) < 4.78 is 5.45. The third kappa shape index (κ3) is 2.76. The minimum atomic E-state index is 0.529. The molecule has 3 nitrogen and oxygen atoms in total. The maximum Gasteiger partial charge on any atom is 0.142 e. The van der Waals surface area contributed by atoms with Gasteiger partial charge in [0.05, 0.1) is 12.6 Å². The molecule has 0 saturated carbocycles. The van der Waals surface area contributed by atoms with Crippen molar-refractivity contribution in [3.05, 3.63) is 29.0 Å². The fraction of sp³-hybridized carbons (Fsp3) is 0.500. The summed E-state index contributed by atoms with van der Waals surface area (Å²) in [6, 6.07) is 4.69. The zero-order valence-electron chi connectivity index (χ0n) is 12.6. The summed E-state index contributed by atoms with van der Waals surface area (Å²) in [5.41, 5.74) is 5.08. The zero-order chi connectivity index (χ0) is 14.0. The van der Waals surface area contributed by atoms with Crippen molar-refractivity contribution < 1.29 is 4.74 Å². The van der Waals surface area contributed by atoms with Crippen LogP contribution in [0.25, 0.3) is 10.9 Å². The Morgan fingerprint density at radius 1 is 1.26 bits per heavy atom. The van der Waals surface area contributed by atoms with Crippen LogP contribution in [0.2, 0.25) is 0 Å². The van der Waals surface area contributed by atoms with E-state index in [9.17, 15) is 0 Å². The number of ether oxygens (including phenoxy) is 1. The van der Waals surface area contributed by atoms with Crippen LogP contribution in [0.15, 0.2) is 12.1 Å². The average Bonchev–Trinajstić information content (AvgIpc) is 2.68. The molecule has 19 heavy (non-hydrogen) atoms. The monoisotopic (exact) mass is 260 g/mol. The van der Waals surface area contributed by atoms with Gasteiger partial charge in [0.1, 0.15) is 5.75 Å². The molecular weight excluding hydrogens is 236 g/mol. The first-order valence-electron chi connectivity index (χ1n) is 6.92. The molecule has 2 aromatic rings. The number of benzene rings is 1. The number of aryl methyl sites for hydroxylation is 2. The second-order valence-electron chi connectivity index (χ2n) is 5.42. The van der Waals surface area contributed by atoms with Gasteiger partial charge in [0, 0.05) is 17.1 Å². The lowest BCUT2D eigenvalue weighted by Gasteiger charge is -2.09. The van der Waals surface area contributed by atoms with E-state index in [1.54, 1.807) is 7.11 Å². The number of hydrogen-bond acceptors (Lipinski definition) is 2. The van der Waals surface area contributed by atoms with Crippen molar-refractivity contribution in [3.63, 3.8) is 0 Å². The quantitative estimate of drug-likeness (QED) is 0.865. The molecule has 0 unspecified atom stereocenters. The van der Waals surface area contributed by atoms with Crippen LogP contribution in [-0.2, 0) is 6.42 Å². The Kier molecular flexibility index (Phi) is 4.15. The number of nitrogens with one attached hydrogen (secondary N) is 2. The van der Waals surface area contributed by atoms with E-state index in [0.29, 0.717) is 6.04 Å². The van der Waals surface area contributed by atoms with Gasteiger partial charge in [0.15, 0.2) is 0 Å². The van der Waals surface area contributed by atoms with Crippen LogP contribution >= 0.6 is 0 Å². The smallest absolute Gasteiger partial charge is 0.142 e. The highest BCUT2D eigenvalue weighted by Gasteiger charge is 2.13. The van der Waals surface area contributed by atoms with Crippen LogP contribution in [0.1, 0.15) is 30.7 Å². The minimum Gasteiger partial charge on any atom is -0.495 e. The standard InChI is InChI=1S/C16H24N2O/c1-10(2)17-9-8-13-12(4)18-16-14(19-5)7-6-11(3)15(13)16/h6-7,10,17-18H,8-9H2,1-5H3. The molecule has 1 aromatic heterocycles. The van der Waals surface area contributed by atoms with Gasteiger partial charge >= 0.3 is 0 Å². The first-order chi connectivity index (χ1) is 9.04. The minimum absolute atomic E-state index is 0.529. The maximum absolute atomic E-state index is 5.45. The van der Waals surface area contributed by atoms with Gasteiger partial charge in [0.25, 0.3) is 0 Å². The van der Waals surface area contributed by atoms with Crippen LogP contribution in [0.4, 0.5) is 0 Å². The molecule has 0 amide bonds. The zero-order valence-corrected chi connectivity index (χ0v) is 12.6. The second-order valence-corrected chi connectivity index (χ2v) is 5.42. The van der Waals surface area contributed by atoms with Gasteiger partial charge in [-0.05, 0) is 44.0 Å². The summed E-state index contributed by atoms with van der Waals surface area (Å²) in [4.78, 5) is 3.47. The van der Waals surface area contributed by atoms with Crippen molar-refractivity contribution in [1.29, 1.82) is 0 Å². The van der Waals surface area contributed by atoms with E-state index < -0.39 is 0 Å². The van der Waals surface area contributed by atoms with Crippen molar-refractivity contribution in [3.8, 4) is 5.75 Å². The fourth-order valence-corrected chi connectivity index (χ4v) is 2.62. The molecule has 0 atom stereocenters. The molecule has 1 heterocycles. The largest absolute Gasteiger partial charge is 0.495 e. The maximum atomic E-state index is 5.45. The topological polar surface area (TPSA) is 37.0 Å². The summed E-state index contributed by atoms with van der Waals surface area (Å²) in [5, 5.41) is 4.80. The Balaban J connectivity index is 2.40. The van der Waals surface area contributed by atoms with Crippen molar-refractivity contribution in [2.75, 3.05) is 13.7 Å². The molecule has 2 N–H and O–H groups in total. The number of hydrogen-bond donors (Lipinski definition) is 2. The number of aromatic nitrogens is 1. The van der Waals surface area contributed by atoms with E-state index >= 15 is 0 Å². The second kappa shape index (κ2) is 5.66. The molecule has 0 aliphatic rings. The van der Waals surface area contributed by atoms with Crippen LogP contribution in [0.3, 0.4) is 0 Å². The molecular formula is C16H24N2O. The van der Waals surface area contributed by atoms with Gasteiger partial charge in [-0.25, -0.2) is 0 Å². The highest BCUT2D eigenvalue weighted by Crippen LogP contribution is 2.32. The number of methoxy groups -OCH3 is 1. The van der Waals surface area contributed by atoms with Crippen LogP contribution in [0.5, 0.6) is 5.75 Å². The molecule has 0 spiro atoms. The predicted octanol–water partition coefficient (Wildman–Crippen LogP) is 3.33. The summed E-state index contributed by atoms with van der Waals surface area (Å²) in [6.45, 7) is 9.66. The Morgan fingerprint density at radius 3 is 2.63 bits per heavy atom. The van der Waals surface area contributed by atoms with Gasteiger partial charge in [-0.15, -0.1) is 0 Å². The lowest BCUT2D eigenvalue weighted by Crippen LogP contribution is -2.25. The van der Waals surface area contributed by atoms with Crippen molar-refractivity contribution in [1.82, 2.24) is 10.3 Å². The number of H-pyrrole nitrogens is 1. The van der Waals surface area contributed by atoms with Crippen LogP contribution in [0, 0.1) is 13.8 Å². The highest BCUT2D eigenvalue weighted by atomic mass is 16.5. The molecule has 0 saturated heterocycles. The lowest BCUT2D eigenvalue weighted by atomic mass is 10.0. The third-order valence-electron chi connectivity index (χ3n) is 3.59. The Morgan fingerprint density at radius 2 is 2.00 bits per heavy atom. The average molecular weight is 260 g/mol. The van der Waals surface area contributed by atoms with E-state index in [0.717, 1.165) is 24.2 Å². The van der Waals surface area contributed by atoms with Gasteiger partial charge in [-0.1, -0.05) is 19.9 Å². The van der Waals surface area contributed by atoms with Crippen molar-refractivity contribution in [2.24, 2.45) is 0 Å². The van der Waals surface area contributed by atoms with Crippen LogP contribution in [-0.4, -0.2) is 24.7 Å². The molecule has 0 fully saturated rings. The summed E-state index contributed by atoms with van der Waals surface area (Å²) in [6.07, 6.45) is 1.04. The molecule has 0 aliphatic carbocycles. The summed E-state index contributed by atoms with van der Waals surface area (Å²) >= 11 is 0. The lowest BCUT2D eigenvalue weighted by molar-refractivity contribution is 0.419. The molecule has 0 radical (unpaired) electrons. The van der Waals surface area contributed by atoms with Gasteiger partial charge < -0.3 is 15.0 Å². The van der Waals surface area contributed by atoms with Crippen molar-refractivity contribution >= 4 is 10.9 Å². The highest BCUT2D eigenvalue weighted by molar-refractivity contribution is 5.92. The first kappa shape index (κ1) is 13.9. The van der Waals surface area contributed by atoms with E-state index in [-0.39, 0.29) is 0 Å². The Bertz CT molecular complexity index is 570. The van der Waals surface area contributed by atoms with E-state index in [1.165, 1.54) is 22.2 Å². The Labute approximate surface area is 115 Å². The van der Waals surface area contributed by atoms with Crippen molar-refractivity contribution in [2.45, 2.75) is 40.2 Å². The summed E-state index contributed by atoms with van der Waals surface area (Å²) in [5.74, 6) is 0.923. The molecule has 0 aliphatic heterocycles. The molecule has 0 bridgehead atoms. The normalized spacial score (nSPS) is 11.5. The van der Waals surface area contributed by atoms with E-state index in [4.69, 9.17) is 4.74 Å². The van der Waals surface area contributed by atoms with E-state index in [1.807, 2.05) is 6.07 Å². The van der Waals surface area contributed by atoms with Gasteiger partial charge in [-0.3, -0.25) is 0 Å². The van der Waals surface area contributed by atoms with E-state index in [2.05, 4.69) is 44.1 Å². The SMILES string of the molecule is COc1ccc(C)c2c(CCNC(C)C)c(C)[nH]c12. The fourth-order valence-electron chi connectivity index (χ4n) is 2.62. The Hall–Kier alpha value is -1.48. The number of fused-ring (bicyclic) bond motifs is 1. The van der Waals surface area contributed by atoms with Gasteiger partial charge in [-0.2, -0.15) is 0 Å².